The molecule has 0 radical (unpaired) electrons. The van der Waals surface area contributed by atoms with E-state index >= 15 is 0 Å². The van der Waals surface area contributed by atoms with Crippen LogP contribution in [0.4, 0.5) is 0 Å². The van der Waals surface area contributed by atoms with Crippen LogP contribution < -0.4 is 5.32 Å². The van der Waals surface area contributed by atoms with Crippen LogP contribution in [0.1, 0.15) is 31.0 Å². The third-order valence-electron chi connectivity index (χ3n) is 4.00. The van der Waals surface area contributed by atoms with Gasteiger partial charge in [0.2, 0.25) is 0 Å². The van der Waals surface area contributed by atoms with Crippen molar-refractivity contribution in [2.24, 2.45) is 13.0 Å². The minimum absolute atomic E-state index is 0.467. The summed E-state index contributed by atoms with van der Waals surface area (Å²) in [7, 11) is 1.90. The van der Waals surface area contributed by atoms with Crippen LogP contribution in [0.25, 0.3) is 0 Å². The maximum atomic E-state index is 6.35. The molecule has 1 aliphatic rings. The van der Waals surface area contributed by atoms with Crippen molar-refractivity contribution < 1.29 is 4.74 Å². The number of nitrogens with one attached hydrogen (secondary N) is 1. The molecule has 1 unspecified atom stereocenters. The summed E-state index contributed by atoms with van der Waals surface area (Å²) >= 11 is 6.35. The summed E-state index contributed by atoms with van der Waals surface area (Å²) in [5.74, 6) is 0.671. The van der Waals surface area contributed by atoms with Crippen molar-refractivity contribution in [2.75, 3.05) is 19.8 Å². The Morgan fingerprint density at radius 3 is 2.68 bits per heavy atom. The fourth-order valence-electron chi connectivity index (χ4n) is 2.91. The zero-order chi connectivity index (χ0) is 13.8. The molecule has 0 bridgehead atoms. The minimum Gasteiger partial charge on any atom is -0.381 e. The molecule has 1 aromatic rings. The summed E-state index contributed by atoms with van der Waals surface area (Å²) in [6.45, 7) is 6.94. The molecule has 0 saturated carbocycles. The van der Waals surface area contributed by atoms with Gasteiger partial charge in [-0.05, 0) is 38.6 Å². The largest absolute Gasteiger partial charge is 0.381 e. The molecule has 1 N–H and O–H groups in total. The van der Waals surface area contributed by atoms with Gasteiger partial charge >= 0.3 is 0 Å². The average molecular weight is 286 g/mol. The third-order valence-corrected chi connectivity index (χ3v) is 4.47. The summed E-state index contributed by atoms with van der Waals surface area (Å²) in [6.07, 6.45) is 3.22. The van der Waals surface area contributed by atoms with Crippen LogP contribution in [0.3, 0.4) is 0 Å². The number of nitrogens with zero attached hydrogens (tertiary/aromatic N) is 2. The number of aryl methyl sites for hydroxylation is 2. The van der Waals surface area contributed by atoms with Gasteiger partial charge in [0.1, 0.15) is 5.15 Å². The van der Waals surface area contributed by atoms with Crippen molar-refractivity contribution in [2.45, 2.75) is 39.2 Å². The average Bonchev–Trinajstić information content (AvgIpc) is 2.65. The van der Waals surface area contributed by atoms with E-state index in [2.05, 4.69) is 17.3 Å². The lowest BCUT2D eigenvalue weighted by molar-refractivity contribution is 0.0539. The molecule has 0 amide bonds. The first kappa shape index (κ1) is 14.8. The van der Waals surface area contributed by atoms with E-state index in [0.29, 0.717) is 12.0 Å². The van der Waals surface area contributed by atoms with Gasteiger partial charge in [-0.2, -0.15) is 5.10 Å². The summed E-state index contributed by atoms with van der Waals surface area (Å²) in [5.41, 5.74) is 2.23. The van der Waals surface area contributed by atoms with Gasteiger partial charge in [0.05, 0.1) is 5.69 Å². The fraction of sp³-hybridized carbons (Fsp3) is 0.786. The Morgan fingerprint density at radius 2 is 2.16 bits per heavy atom. The highest BCUT2D eigenvalue weighted by Gasteiger charge is 2.25. The Labute approximate surface area is 120 Å². The van der Waals surface area contributed by atoms with E-state index in [1.54, 1.807) is 4.68 Å². The smallest absolute Gasteiger partial charge is 0.130 e. The van der Waals surface area contributed by atoms with Gasteiger partial charge in [-0.25, -0.2) is 0 Å². The van der Waals surface area contributed by atoms with Gasteiger partial charge in [-0.1, -0.05) is 18.5 Å². The van der Waals surface area contributed by atoms with Gasteiger partial charge in [0.25, 0.3) is 0 Å². The van der Waals surface area contributed by atoms with E-state index in [1.165, 1.54) is 5.56 Å². The van der Waals surface area contributed by atoms with Gasteiger partial charge in [0.15, 0.2) is 0 Å². The maximum Gasteiger partial charge on any atom is 0.130 e. The highest BCUT2D eigenvalue weighted by Crippen LogP contribution is 2.26. The molecule has 5 heteroatoms. The standard InChI is InChI=1S/C14H24ClN3O/c1-4-16-13(11-5-7-19-8-6-11)9-12-10(2)17-18(3)14(12)15/h11,13,16H,4-9H2,1-3H3. The number of halogens is 1. The summed E-state index contributed by atoms with van der Waals surface area (Å²) < 4.78 is 7.22. The third kappa shape index (κ3) is 3.50. The van der Waals surface area contributed by atoms with Crippen molar-refractivity contribution in [3.63, 3.8) is 0 Å². The summed E-state index contributed by atoms with van der Waals surface area (Å²) in [5, 5.41) is 8.79. The second kappa shape index (κ2) is 6.73. The number of aromatic nitrogens is 2. The lowest BCUT2D eigenvalue weighted by Gasteiger charge is -2.31. The fourth-order valence-corrected chi connectivity index (χ4v) is 3.16. The first-order valence-electron chi connectivity index (χ1n) is 7.12. The molecule has 4 nitrogen and oxygen atoms in total. The van der Waals surface area contributed by atoms with Gasteiger partial charge in [0, 0.05) is 31.9 Å². The molecular weight excluding hydrogens is 262 g/mol. The van der Waals surface area contributed by atoms with Gasteiger partial charge in [-0.3, -0.25) is 4.68 Å². The Morgan fingerprint density at radius 1 is 1.47 bits per heavy atom. The summed E-state index contributed by atoms with van der Waals surface area (Å²) in [4.78, 5) is 0. The van der Waals surface area contributed by atoms with Crippen LogP contribution in [0, 0.1) is 12.8 Å². The van der Waals surface area contributed by atoms with Crippen molar-refractivity contribution >= 4 is 11.6 Å². The molecule has 1 atom stereocenters. The van der Waals surface area contributed by atoms with E-state index in [4.69, 9.17) is 16.3 Å². The van der Waals surface area contributed by atoms with Crippen molar-refractivity contribution in [1.29, 1.82) is 0 Å². The number of hydrogen-bond acceptors (Lipinski definition) is 3. The van der Waals surface area contributed by atoms with E-state index in [1.807, 2.05) is 14.0 Å². The predicted molar refractivity (Wildman–Crippen MR) is 77.7 cm³/mol. The Bertz CT molecular complexity index is 413. The number of ether oxygens (including phenoxy) is 1. The highest BCUT2D eigenvalue weighted by atomic mass is 35.5. The van der Waals surface area contributed by atoms with E-state index < -0.39 is 0 Å². The minimum atomic E-state index is 0.467. The molecule has 0 spiro atoms. The molecule has 1 aromatic heterocycles. The lowest BCUT2D eigenvalue weighted by atomic mass is 9.87. The van der Waals surface area contributed by atoms with Crippen molar-refractivity contribution in [1.82, 2.24) is 15.1 Å². The molecule has 1 aliphatic heterocycles. The van der Waals surface area contributed by atoms with Gasteiger partial charge in [-0.15, -0.1) is 0 Å². The van der Waals surface area contributed by atoms with Crippen LogP contribution in [-0.2, 0) is 18.2 Å². The predicted octanol–water partition coefficient (Wildman–Crippen LogP) is 2.33. The monoisotopic (exact) mass is 285 g/mol. The second-order valence-electron chi connectivity index (χ2n) is 5.30. The summed E-state index contributed by atoms with van der Waals surface area (Å²) in [6, 6.07) is 0.467. The lowest BCUT2D eigenvalue weighted by Crippen LogP contribution is -2.40. The molecule has 2 rings (SSSR count). The molecule has 108 valence electrons. The van der Waals surface area contributed by atoms with Gasteiger partial charge < -0.3 is 10.1 Å². The quantitative estimate of drug-likeness (QED) is 0.902. The topological polar surface area (TPSA) is 39.1 Å². The Kier molecular flexibility index (Phi) is 5.25. The molecule has 0 aromatic carbocycles. The van der Waals surface area contributed by atoms with Crippen LogP contribution in [0.5, 0.6) is 0 Å². The normalized spacial score (nSPS) is 18.7. The van der Waals surface area contributed by atoms with Crippen LogP contribution in [-0.4, -0.2) is 35.6 Å². The molecule has 2 heterocycles. The maximum absolute atomic E-state index is 6.35. The van der Waals surface area contributed by atoms with Crippen LogP contribution in [0.2, 0.25) is 5.15 Å². The first-order valence-corrected chi connectivity index (χ1v) is 7.50. The number of hydrogen-bond donors (Lipinski definition) is 1. The zero-order valence-corrected chi connectivity index (χ0v) is 12.8. The Balaban J connectivity index is 2.11. The van der Waals surface area contributed by atoms with E-state index in [0.717, 1.165) is 49.9 Å². The van der Waals surface area contributed by atoms with Crippen molar-refractivity contribution in [3.05, 3.63) is 16.4 Å². The van der Waals surface area contributed by atoms with Crippen LogP contribution in [0.15, 0.2) is 0 Å². The first-order chi connectivity index (χ1) is 9.13. The molecule has 1 saturated heterocycles. The SMILES string of the molecule is CCNC(Cc1c(C)nn(C)c1Cl)C1CCOCC1. The zero-order valence-electron chi connectivity index (χ0n) is 12.1. The molecule has 0 aliphatic carbocycles. The highest BCUT2D eigenvalue weighted by molar-refractivity contribution is 6.30. The molecular formula is C14H24ClN3O. The number of rotatable bonds is 5. The molecule has 19 heavy (non-hydrogen) atoms. The number of likely N-dealkylation sites (N-methyl/N-ethyl adjacent to an activating group) is 1. The van der Waals surface area contributed by atoms with Crippen LogP contribution >= 0.6 is 11.6 Å². The molecule has 1 fully saturated rings. The second-order valence-corrected chi connectivity index (χ2v) is 5.65. The van der Waals surface area contributed by atoms with E-state index in [9.17, 15) is 0 Å². The van der Waals surface area contributed by atoms with Crippen molar-refractivity contribution in [3.8, 4) is 0 Å². The van der Waals surface area contributed by atoms with E-state index in [-0.39, 0.29) is 0 Å². The Hall–Kier alpha value is -0.580.